The smallest absolute Gasteiger partial charge is 0.0652 e. The lowest BCUT2D eigenvalue weighted by molar-refractivity contribution is 1.08. The van der Waals surface area contributed by atoms with E-state index in [2.05, 4.69) is 67.9 Å². The number of halogens is 2. The van der Waals surface area contributed by atoms with Crippen LogP contribution in [0.25, 0.3) is 0 Å². The van der Waals surface area contributed by atoms with Crippen LogP contribution in [-0.2, 0) is 0 Å². The molecule has 0 radical (unpaired) electrons. The van der Waals surface area contributed by atoms with Gasteiger partial charge in [0.15, 0.2) is 0 Å². The van der Waals surface area contributed by atoms with Crippen molar-refractivity contribution in [3.8, 4) is 0 Å². The van der Waals surface area contributed by atoms with Crippen LogP contribution in [0.4, 0.5) is 0 Å². The van der Waals surface area contributed by atoms with Crippen LogP contribution in [0.15, 0.2) is 30.3 Å². The van der Waals surface area contributed by atoms with Crippen molar-refractivity contribution in [3.63, 3.8) is 0 Å². The molecule has 0 aliphatic rings. The molecule has 0 aromatic heterocycles. The van der Waals surface area contributed by atoms with Gasteiger partial charge < -0.3 is 0 Å². The monoisotopic (exact) mass is 336 g/mol. The summed E-state index contributed by atoms with van der Waals surface area (Å²) in [6, 6.07) is 10.7. The van der Waals surface area contributed by atoms with E-state index in [1.54, 1.807) is 0 Å². The Morgan fingerprint density at radius 3 is 2.05 bits per heavy atom. The zero-order valence-electron chi connectivity index (χ0n) is 11.7. The minimum absolute atomic E-state index is 0.213. The standard InChI is InChI=1S/C17H18BrCl/c1-10-6-5-7-11(2)16(10)17(18)14-8-13(4)15(19)9-12(14)3/h5-9,17H,1-4H3. The maximum atomic E-state index is 6.18. The first-order valence-corrected chi connectivity index (χ1v) is 7.68. The minimum Gasteiger partial charge on any atom is -0.0840 e. The van der Waals surface area contributed by atoms with Gasteiger partial charge >= 0.3 is 0 Å². The van der Waals surface area contributed by atoms with Crippen molar-refractivity contribution in [2.45, 2.75) is 32.5 Å². The zero-order chi connectivity index (χ0) is 14.2. The van der Waals surface area contributed by atoms with Crippen LogP contribution in [0.1, 0.15) is 38.2 Å². The van der Waals surface area contributed by atoms with Gasteiger partial charge in [0.2, 0.25) is 0 Å². The highest BCUT2D eigenvalue weighted by Crippen LogP contribution is 2.38. The van der Waals surface area contributed by atoms with Crippen molar-refractivity contribution in [1.29, 1.82) is 0 Å². The second-order valence-corrected chi connectivity index (χ2v) is 6.45. The van der Waals surface area contributed by atoms with Crippen LogP contribution in [0.2, 0.25) is 5.02 Å². The molecule has 0 saturated carbocycles. The fourth-order valence-corrected chi connectivity index (χ4v) is 3.89. The molecule has 0 saturated heterocycles. The molecule has 0 N–H and O–H groups in total. The van der Waals surface area contributed by atoms with Gasteiger partial charge in [0, 0.05) is 5.02 Å². The first-order chi connectivity index (χ1) is 8.91. The molecule has 0 aliphatic carbocycles. The van der Waals surface area contributed by atoms with Crippen LogP contribution in [0.3, 0.4) is 0 Å². The van der Waals surface area contributed by atoms with Crippen molar-refractivity contribution >= 4 is 27.5 Å². The summed E-state index contributed by atoms with van der Waals surface area (Å²) in [4.78, 5) is 0.213. The van der Waals surface area contributed by atoms with Gasteiger partial charge in [-0.3, -0.25) is 0 Å². The van der Waals surface area contributed by atoms with Gasteiger partial charge in [-0.05, 0) is 67.1 Å². The summed E-state index contributed by atoms with van der Waals surface area (Å²) in [6.45, 7) is 8.49. The number of aryl methyl sites for hydroxylation is 4. The van der Waals surface area contributed by atoms with Crippen LogP contribution >= 0.6 is 27.5 Å². The molecule has 0 heterocycles. The SMILES string of the molecule is Cc1cc(C(Br)c2c(C)cccc2C)c(C)cc1Cl. The molecule has 2 aromatic rings. The Hall–Kier alpha value is -0.790. The second-order valence-electron chi connectivity index (χ2n) is 5.13. The van der Waals surface area contributed by atoms with E-state index in [0.717, 1.165) is 10.6 Å². The number of hydrogen-bond acceptors (Lipinski definition) is 0. The van der Waals surface area contributed by atoms with Gasteiger partial charge in [0.05, 0.1) is 4.83 Å². The van der Waals surface area contributed by atoms with Gasteiger partial charge in [-0.15, -0.1) is 0 Å². The first-order valence-electron chi connectivity index (χ1n) is 6.38. The lowest BCUT2D eigenvalue weighted by Gasteiger charge is -2.19. The largest absolute Gasteiger partial charge is 0.0840 e. The highest BCUT2D eigenvalue weighted by molar-refractivity contribution is 9.09. The average Bonchev–Trinajstić information content (AvgIpc) is 2.33. The van der Waals surface area contributed by atoms with Crippen LogP contribution < -0.4 is 0 Å². The third-order valence-electron chi connectivity index (χ3n) is 3.62. The number of rotatable bonds is 2. The van der Waals surface area contributed by atoms with Crippen molar-refractivity contribution in [3.05, 3.63) is 68.7 Å². The molecule has 0 spiro atoms. The lowest BCUT2D eigenvalue weighted by atomic mass is 9.93. The van der Waals surface area contributed by atoms with E-state index in [9.17, 15) is 0 Å². The molecular weight excluding hydrogens is 320 g/mol. The Morgan fingerprint density at radius 2 is 1.47 bits per heavy atom. The Balaban J connectivity index is 2.56. The molecule has 1 atom stereocenters. The summed E-state index contributed by atoms with van der Waals surface area (Å²) in [5.74, 6) is 0. The Bertz CT molecular complexity index is 597. The number of alkyl halides is 1. The molecule has 100 valence electrons. The normalized spacial score (nSPS) is 12.5. The van der Waals surface area contributed by atoms with E-state index in [1.807, 2.05) is 6.07 Å². The van der Waals surface area contributed by atoms with Crippen molar-refractivity contribution < 1.29 is 0 Å². The third-order valence-corrected chi connectivity index (χ3v) is 4.97. The third kappa shape index (κ3) is 2.88. The molecule has 2 heteroatoms. The average molecular weight is 338 g/mol. The minimum atomic E-state index is 0.213. The molecule has 2 rings (SSSR count). The van der Waals surface area contributed by atoms with E-state index in [-0.39, 0.29) is 4.83 Å². The summed E-state index contributed by atoms with van der Waals surface area (Å²) in [5.41, 5.74) is 7.62. The zero-order valence-corrected chi connectivity index (χ0v) is 14.1. The van der Waals surface area contributed by atoms with Crippen LogP contribution in [0, 0.1) is 27.7 Å². The summed E-state index contributed by atoms with van der Waals surface area (Å²) in [7, 11) is 0. The topological polar surface area (TPSA) is 0 Å². The van der Waals surface area contributed by atoms with Crippen LogP contribution in [-0.4, -0.2) is 0 Å². The van der Waals surface area contributed by atoms with Gasteiger partial charge in [0.1, 0.15) is 0 Å². The summed E-state index contributed by atoms with van der Waals surface area (Å²) in [6.07, 6.45) is 0. The van der Waals surface area contributed by atoms with Crippen LogP contribution in [0.5, 0.6) is 0 Å². The van der Waals surface area contributed by atoms with Crippen molar-refractivity contribution in [2.75, 3.05) is 0 Å². The van der Waals surface area contributed by atoms with E-state index in [4.69, 9.17) is 11.6 Å². The first kappa shape index (κ1) is 14.6. The van der Waals surface area contributed by atoms with Crippen molar-refractivity contribution in [2.24, 2.45) is 0 Å². The fourth-order valence-electron chi connectivity index (χ4n) is 2.46. The number of hydrogen-bond donors (Lipinski definition) is 0. The predicted molar refractivity (Wildman–Crippen MR) is 87.6 cm³/mol. The summed E-state index contributed by atoms with van der Waals surface area (Å²) < 4.78 is 0. The second kappa shape index (κ2) is 5.68. The quantitative estimate of drug-likeness (QED) is 0.584. The van der Waals surface area contributed by atoms with Gasteiger partial charge in [-0.1, -0.05) is 51.8 Å². The summed E-state index contributed by atoms with van der Waals surface area (Å²) in [5, 5.41) is 0.836. The molecule has 0 nitrogen and oxygen atoms in total. The molecule has 0 fully saturated rings. The molecule has 0 bridgehead atoms. The van der Waals surface area contributed by atoms with Crippen molar-refractivity contribution in [1.82, 2.24) is 0 Å². The molecule has 2 aromatic carbocycles. The van der Waals surface area contributed by atoms with Gasteiger partial charge in [-0.2, -0.15) is 0 Å². The highest BCUT2D eigenvalue weighted by Gasteiger charge is 2.17. The molecule has 0 amide bonds. The lowest BCUT2D eigenvalue weighted by Crippen LogP contribution is -2.01. The fraction of sp³-hybridized carbons (Fsp3) is 0.294. The van der Waals surface area contributed by atoms with Gasteiger partial charge in [-0.25, -0.2) is 0 Å². The predicted octanol–water partition coefficient (Wildman–Crippen LogP) is 6.06. The molecule has 1 unspecified atom stereocenters. The molecular formula is C17H18BrCl. The van der Waals surface area contributed by atoms with E-state index in [0.29, 0.717) is 0 Å². The highest BCUT2D eigenvalue weighted by atomic mass is 79.9. The van der Waals surface area contributed by atoms with E-state index < -0.39 is 0 Å². The Morgan fingerprint density at radius 1 is 0.895 bits per heavy atom. The van der Waals surface area contributed by atoms with E-state index >= 15 is 0 Å². The van der Waals surface area contributed by atoms with Gasteiger partial charge in [0.25, 0.3) is 0 Å². The van der Waals surface area contributed by atoms with E-state index in [1.165, 1.54) is 27.8 Å². The summed E-state index contributed by atoms with van der Waals surface area (Å²) >= 11 is 10.0. The number of benzene rings is 2. The maximum Gasteiger partial charge on any atom is 0.0652 e. The maximum absolute atomic E-state index is 6.18. The molecule has 19 heavy (non-hydrogen) atoms. The Labute approximate surface area is 128 Å². The molecule has 0 aliphatic heterocycles. The Kier molecular flexibility index (Phi) is 4.37.